The Morgan fingerprint density at radius 1 is 1.38 bits per heavy atom. The molecule has 4 nitrogen and oxygen atoms in total. The van der Waals surface area contributed by atoms with Crippen LogP contribution in [0.2, 0.25) is 0 Å². The molecule has 5 heteroatoms. The van der Waals surface area contributed by atoms with E-state index >= 15 is 0 Å². The summed E-state index contributed by atoms with van der Waals surface area (Å²) in [7, 11) is 0. The molecule has 1 heterocycles. The van der Waals surface area contributed by atoms with Gasteiger partial charge in [0.2, 0.25) is 0 Å². The van der Waals surface area contributed by atoms with Gasteiger partial charge in [0.25, 0.3) is 5.56 Å². The summed E-state index contributed by atoms with van der Waals surface area (Å²) in [6.07, 6.45) is 1.54. The third kappa shape index (κ3) is 2.86. The van der Waals surface area contributed by atoms with E-state index in [0.717, 1.165) is 0 Å². The minimum Gasteiger partial charge on any atom is -0.389 e. The van der Waals surface area contributed by atoms with Crippen LogP contribution in [0.4, 0.5) is 0 Å². The number of aliphatic hydroxyl groups is 1. The lowest BCUT2D eigenvalue weighted by Crippen LogP contribution is -2.42. The van der Waals surface area contributed by atoms with Gasteiger partial charge in [-0.2, -0.15) is 0 Å². The molecule has 0 bridgehead atoms. The molecule has 0 aromatic carbocycles. The quantitative estimate of drug-likeness (QED) is 0.625. The van der Waals surface area contributed by atoms with Crippen molar-refractivity contribution in [2.75, 3.05) is 0 Å². The highest BCUT2D eigenvalue weighted by atomic mass is 32.2. The zero-order valence-electron chi connectivity index (χ0n) is 10.3. The van der Waals surface area contributed by atoms with E-state index in [1.165, 1.54) is 11.8 Å². The molecule has 16 heavy (non-hydrogen) atoms. The first kappa shape index (κ1) is 13.3. The van der Waals surface area contributed by atoms with E-state index in [0.29, 0.717) is 10.7 Å². The van der Waals surface area contributed by atoms with Crippen molar-refractivity contribution in [2.24, 2.45) is 0 Å². The Kier molecular flexibility index (Phi) is 3.50. The largest absolute Gasteiger partial charge is 0.389 e. The van der Waals surface area contributed by atoms with Crippen LogP contribution >= 0.6 is 11.8 Å². The number of thioether (sulfide) groups is 1. The number of nitrogens with zero attached hydrogens (tertiary/aromatic N) is 1. The predicted molar refractivity (Wildman–Crippen MR) is 65.8 cm³/mol. The van der Waals surface area contributed by atoms with E-state index < -0.39 is 10.3 Å². The Morgan fingerprint density at radius 3 is 2.38 bits per heavy atom. The average molecular weight is 242 g/mol. The topological polar surface area (TPSA) is 66.0 Å². The molecular weight excluding hydrogens is 224 g/mol. The van der Waals surface area contributed by atoms with Crippen LogP contribution in [-0.2, 0) is 0 Å². The van der Waals surface area contributed by atoms with E-state index in [1.54, 1.807) is 27.0 Å². The summed E-state index contributed by atoms with van der Waals surface area (Å²) in [6.45, 7) is 9.02. The fraction of sp³-hybridized carbons (Fsp3) is 0.636. The normalized spacial score (nSPS) is 12.9. The highest BCUT2D eigenvalue weighted by Gasteiger charge is 2.36. The van der Waals surface area contributed by atoms with Gasteiger partial charge in [-0.15, -0.1) is 0 Å². The van der Waals surface area contributed by atoms with Crippen molar-refractivity contribution in [3.63, 3.8) is 0 Å². The molecule has 1 aromatic rings. The molecule has 2 N–H and O–H groups in total. The van der Waals surface area contributed by atoms with Crippen LogP contribution in [0.3, 0.4) is 0 Å². The highest BCUT2D eigenvalue weighted by molar-refractivity contribution is 8.00. The number of hydrogen-bond acceptors (Lipinski definition) is 4. The molecule has 0 fully saturated rings. The first-order chi connectivity index (χ1) is 7.13. The van der Waals surface area contributed by atoms with Crippen LogP contribution in [-0.4, -0.2) is 25.4 Å². The molecule has 0 atom stereocenters. The second-order valence-electron chi connectivity index (χ2n) is 4.87. The van der Waals surface area contributed by atoms with Crippen molar-refractivity contribution in [3.05, 3.63) is 22.1 Å². The maximum atomic E-state index is 11.4. The zero-order valence-corrected chi connectivity index (χ0v) is 11.1. The van der Waals surface area contributed by atoms with Gasteiger partial charge in [0, 0.05) is 16.5 Å². The summed E-state index contributed by atoms with van der Waals surface area (Å²) < 4.78 is -0.432. The van der Waals surface area contributed by atoms with Crippen molar-refractivity contribution >= 4 is 11.8 Å². The maximum absolute atomic E-state index is 11.4. The lowest BCUT2D eigenvalue weighted by molar-refractivity contribution is 0.0491. The van der Waals surface area contributed by atoms with Crippen molar-refractivity contribution in [1.29, 1.82) is 0 Å². The number of aryl methyl sites for hydroxylation is 1. The molecule has 90 valence electrons. The van der Waals surface area contributed by atoms with E-state index in [9.17, 15) is 9.90 Å². The van der Waals surface area contributed by atoms with Gasteiger partial charge in [-0.25, -0.2) is 4.98 Å². The first-order valence-electron chi connectivity index (χ1n) is 5.11. The van der Waals surface area contributed by atoms with Crippen molar-refractivity contribution in [3.8, 4) is 0 Å². The standard InChI is InChI=1S/C11H18N2O2S/c1-7-6-12-9(13-8(7)14)16-11(4,5)10(2,3)15/h6,15H,1-5H3,(H,12,13,14). The minimum atomic E-state index is -0.860. The van der Waals surface area contributed by atoms with Gasteiger partial charge in [0.15, 0.2) is 5.16 Å². The van der Waals surface area contributed by atoms with Crippen molar-refractivity contribution < 1.29 is 5.11 Å². The van der Waals surface area contributed by atoms with Crippen LogP contribution < -0.4 is 5.56 Å². The SMILES string of the molecule is Cc1cnc(SC(C)(C)C(C)(C)O)[nH]c1=O. The summed E-state index contributed by atoms with van der Waals surface area (Å²) in [6, 6.07) is 0. The van der Waals surface area contributed by atoms with E-state index in [1.807, 2.05) is 13.8 Å². The molecular formula is C11H18N2O2S. The smallest absolute Gasteiger partial charge is 0.254 e. The predicted octanol–water partition coefficient (Wildman–Crippen LogP) is 1.72. The summed E-state index contributed by atoms with van der Waals surface area (Å²) in [5, 5.41) is 10.5. The monoisotopic (exact) mass is 242 g/mol. The van der Waals surface area contributed by atoms with Gasteiger partial charge in [0.1, 0.15) is 0 Å². The third-order valence-electron chi connectivity index (χ3n) is 2.78. The fourth-order valence-corrected chi connectivity index (χ4v) is 1.84. The molecule has 1 rings (SSSR count). The number of rotatable bonds is 3. The van der Waals surface area contributed by atoms with Gasteiger partial charge < -0.3 is 10.1 Å². The minimum absolute atomic E-state index is 0.135. The van der Waals surface area contributed by atoms with Crippen LogP contribution in [0, 0.1) is 6.92 Å². The molecule has 1 aromatic heterocycles. The molecule has 0 amide bonds. The Morgan fingerprint density at radius 2 is 1.94 bits per heavy atom. The first-order valence-corrected chi connectivity index (χ1v) is 5.92. The van der Waals surface area contributed by atoms with Crippen LogP contribution in [0.1, 0.15) is 33.3 Å². The van der Waals surface area contributed by atoms with Gasteiger partial charge in [0.05, 0.1) is 5.60 Å². The molecule has 0 spiro atoms. The Bertz CT molecular complexity index is 432. The molecule has 0 saturated carbocycles. The number of nitrogens with one attached hydrogen (secondary N) is 1. The average Bonchev–Trinajstić information content (AvgIpc) is 2.09. The number of aromatic nitrogens is 2. The zero-order chi connectivity index (χ0) is 12.6. The molecule has 0 aliphatic rings. The van der Waals surface area contributed by atoms with E-state index in [2.05, 4.69) is 9.97 Å². The van der Waals surface area contributed by atoms with E-state index in [-0.39, 0.29) is 5.56 Å². The van der Waals surface area contributed by atoms with Crippen LogP contribution in [0.15, 0.2) is 16.1 Å². The maximum Gasteiger partial charge on any atom is 0.254 e. The summed E-state index contributed by atoms with van der Waals surface area (Å²) in [4.78, 5) is 18.2. The van der Waals surface area contributed by atoms with Gasteiger partial charge in [-0.3, -0.25) is 4.79 Å². The van der Waals surface area contributed by atoms with Gasteiger partial charge in [-0.1, -0.05) is 11.8 Å². The van der Waals surface area contributed by atoms with Crippen LogP contribution in [0.5, 0.6) is 0 Å². The number of H-pyrrole nitrogens is 1. The van der Waals surface area contributed by atoms with Crippen LogP contribution in [0.25, 0.3) is 0 Å². The molecule has 0 saturated heterocycles. The second kappa shape index (κ2) is 4.22. The van der Waals surface area contributed by atoms with Gasteiger partial charge >= 0.3 is 0 Å². The Hall–Kier alpha value is -0.810. The lowest BCUT2D eigenvalue weighted by Gasteiger charge is -2.35. The summed E-state index contributed by atoms with van der Waals surface area (Å²) in [5.74, 6) is 0. The Labute approximate surface area is 99.5 Å². The number of aromatic amines is 1. The summed E-state index contributed by atoms with van der Waals surface area (Å²) in [5.41, 5.74) is -0.407. The highest BCUT2D eigenvalue weighted by Crippen LogP contribution is 2.38. The Balaban J connectivity index is 2.97. The molecule has 0 aliphatic carbocycles. The van der Waals surface area contributed by atoms with Crippen molar-refractivity contribution in [1.82, 2.24) is 9.97 Å². The van der Waals surface area contributed by atoms with Gasteiger partial charge in [-0.05, 0) is 34.6 Å². The fourth-order valence-electron chi connectivity index (χ4n) is 0.860. The lowest BCUT2D eigenvalue weighted by atomic mass is 9.94. The van der Waals surface area contributed by atoms with Crippen molar-refractivity contribution in [2.45, 2.75) is 50.1 Å². The second-order valence-corrected chi connectivity index (χ2v) is 6.48. The third-order valence-corrected chi connectivity index (χ3v) is 4.19. The molecule has 0 aliphatic heterocycles. The molecule has 0 radical (unpaired) electrons. The summed E-state index contributed by atoms with van der Waals surface area (Å²) >= 11 is 1.36. The number of hydrogen-bond donors (Lipinski definition) is 2. The van der Waals surface area contributed by atoms with E-state index in [4.69, 9.17) is 0 Å². The molecule has 0 unspecified atom stereocenters.